The monoisotopic (exact) mass is 547 g/mol. The van der Waals surface area contributed by atoms with Gasteiger partial charge in [-0.2, -0.15) is 0 Å². The van der Waals surface area contributed by atoms with Crippen LogP contribution < -0.4 is 9.47 Å². The minimum absolute atomic E-state index is 0.0654. The Morgan fingerprint density at radius 1 is 0.780 bits per heavy atom. The molecule has 1 aliphatic heterocycles. The number of carbonyl (C=O) groups is 1. The van der Waals surface area contributed by atoms with Crippen LogP contribution in [0.5, 0.6) is 11.5 Å². The lowest BCUT2D eigenvalue weighted by Crippen LogP contribution is -2.35. The van der Waals surface area contributed by atoms with E-state index < -0.39 is 6.09 Å². The van der Waals surface area contributed by atoms with Crippen molar-refractivity contribution in [2.45, 2.75) is 25.7 Å². The first-order chi connectivity index (χ1) is 20.0. The van der Waals surface area contributed by atoms with Crippen molar-refractivity contribution >= 4 is 18.1 Å². The fraction of sp³-hybridized carbons (Fsp3) is 0.176. The van der Waals surface area contributed by atoms with Crippen molar-refractivity contribution < 1.29 is 19.0 Å². The molecule has 1 aliphatic rings. The molecule has 41 heavy (non-hydrogen) atoms. The largest absolute Gasteiger partial charge is 0.497 e. The van der Waals surface area contributed by atoms with E-state index in [4.69, 9.17) is 19.6 Å². The predicted octanol–water partition coefficient (Wildman–Crippen LogP) is 6.75. The van der Waals surface area contributed by atoms with E-state index in [0.29, 0.717) is 18.7 Å². The molecule has 1 unspecified atom stereocenters. The summed E-state index contributed by atoms with van der Waals surface area (Å²) in [5.41, 5.74) is 4.60. The van der Waals surface area contributed by atoms with Gasteiger partial charge in [0.15, 0.2) is 0 Å². The molecule has 7 heteroatoms. The Morgan fingerprint density at radius 2 is 1.37 bits per heavy atom. The van der Waals surface area contributed by atoms with Gasteiger partial charge in [-0.3, -0.25) is 5.41 Å². The smallest absolute Gasteiger partial charge is 0.421 e. The van der Waals surface area contributed by atoms with E-state index in [9.17, 15) is 4.79 Å². The average Bonchev–Trinajstić information content (AvgIpc) is 3.25. The van der Waals surface area contributed by atoms with E-state index in [2.05, 4.69) is 0 Å². The molecule has 1 fully saturated rings. The van der Waals surface area contributed by atoms with Crippen molar-refractivity contribution in [2.24, 2.45) is 0 Å². The number of guanidine groups is 1. The lowest BCUT2D eigenvalue weighted by Gasteiger charge is -2.20. The van der Waals surface area contributed by atoms with Gasteiger partial charge in [-0.1, -0.05) is 84.9 Å². The Labute approximate surface area is 240 Å². The topological polar surface area (TPSA) is 75.1 Å². The molecule has 5 rings (SSSR count). The highest BCUT2D eigenvalue weighted by Gasteiger charge is 2.41. The Balaban J connectivity index is 1.36. The number of ether oxygens (including phenoxy) is 3. The number of hydrogen-bond acceptors (Lipinski definition) is 5. The summed E-state index contributed by atoms with van der Waals surface area (Å²) in [6, 6.07) is 34.9. The Kier molecular flexibility index (Phi) is 8.64. The number of amides is 1. The first-order valence-corrected chi connectivity index (χ1v) is 13.5. The van der Waals surface area contributed by atoms with Crippen molar-refractivity contribution in [3.8, 4) is 11.5 Å². The highest BCUT2D eigenvalue weighted by molar-refractivity contribution is 5.98. The van der Waals surface area contributed by atoms with Crippen molar-refractivity contribution in [1.82, 2.24) is 9.80 Å². The molecule has 0 radical (unpaired) electrons. The van der Waals surface area contributed by atoms with E-state index in [1.165, 1.54) is 4.90 Å². The number of carbonyl (C=O) groups excluding carboxylic acids is 1. The van der Waals surface area contributed by atoms with Gasteiger partial charge in [0.05, 0.1) is 18.8 Å². The molecule has 0 aliphatic carbocycles. The van der Waals surface area contributed by atoms with Crippen molar-refractivity contribution in [2.75, 3.05) is 14.2 Å². The summed E-state index contributed by atoms with van der Waals surface area (Å²) in [6.45, 7) is 0.621. The van der Waals surface area contributed by atoms with E-state index in [1.807, 2.05) is 122 Å². The van der Waals surface area contributed by atoms with Gasteiger partial charge in [-0.25, -0.2) is 9.69 Å². The average molecular weight is 548 g/mol. The maximum atomic E-state index is 13.4. The number of likely N-dealkylation sites (N-methyl/N-ethyl adjacent to an activating group) is 1. The standard InChI is InChI=1S/C34H33N3O4/c1-36-31(21-25-15-19-30(20-16-25)40-23-27-9-5-3-6-10-27)32(22-26-13-17-29(39-2)18-14-26)37(33(36)35)34(38)41-24-28-11-7-4-8-12-28/h3-20,22,31,35H,21,23-24H2,1-2H3/b32-22-,35-33?. The highest BCUT2D eigenvalue weighted by Crippen LogP contribution is 2.31. The molecular formula is C34H33N3O4. The van der Waals surface area contributed by atoms with E-state index in [-0.39, 0.29) is 18.6 Å². The van der Waals surface area contributed by atoms with Crippen molar-refractivity contribution in [3.05, 3.63) is 137 Å². The van der Waals surface area contributed by atoms with Gasteiger partial charge in [0.1, 0.15) is 24.7 Å². The van der Waals surface area contributed by atoms with Gasteiger partial charge < -0.3 is 19.1 Å². The minimum Gasteiger partial charge on any atom is -0.497 e. The van der Waals surface area contributed by atoms with E-state index in [1.54, 1.807) is 12.0 Å². The minimum atomic E-state index is -0.586. The molecule has 1 heterocycles. The number of benzene rings is 4. The molecule has 1 atom stereocenters. The molecule has 7 nitrogen and oxygen atoms in total. The molecule has 4 aromatic rings. The molecule has 1 amide bonds. The van der Waals surface area contributed by atoms with Gasteiger partial charge >= 0.3 is 6.09 Å². The van der Waals surface area contributed by atoms with Crippen LogP contribution in [0.1, 0.15) is 22.3 Å². The molecule has 0 bridgehead atoms. The molecule has 1 saturated heterocycles. The molecule has 0 saturated carbocycles. The maximum absolute atomic E-state index is 13.4. The first kappa shape index (κ1) is 27.5. The van der Waals surface area contributed by atoms with Crippen LogP contribution in [-0.2, 0) is 24.4 Å². The maximum Gasteiger partial charge on any atom is 0.421 e. The van der Waals surface area contributed by atoms with Crippen LogP contribution in [0.15, 0.2) is 115 Å². The first-order valence-electron chi connectivity index (χ1n) is 13.5. The van der Waals surface area contributed by atoms with Gasteiger partial charge in [0.25, 0.3) is 0 Å². The lowest BCUT2D eigenvalue weighted by molar-refractivity contribution is 0.123. The van der Waals surface area contributed by atoms with Crippen molar-refractivity contribution in [3.63, 3.8) is 0 Å². The fourth-order valence-electron chi connectivity index (χ4n) is 4.71. The van der Waals surface area contributed by atoms with Gasteiger partial charge in [-0.05, 0) is 59.0 Å². The zero-order valence-corrected chi connectivity index (χ0v) is 23.2. The summed E-state index contributed by atoms with van der Waals surface area (Å²) in [4.78, 5) is 16.5. The van der Waals surface area contributed by atoms with Crippen LogP contribution in [0.25, 0.3) is 6.08 Å². The molecule has 0 spiro atoms. The Hall–Kier alpha value is -5.04. The zero-order valence-electron chi connectivity index (χ0n) is 23.2. The zero-order chi connectivity index (χ0) is 28.6. The predicted molar refractivity (Wildman–Crippen MR) is 160 cm³/mol. The second-order valence-corrected chi connectivity index (χ2v) is 9.79. The summed E-state index contributed by atoms with van der Waals surface area (Å²) < 4.78 is 16.9. The third-order valence-electron chi connectivity index (χ3n) is 7.03. The second kappa shape index (κ2) is 12.9. The number of rotatable bonds is 9. The quantitative estimate of drug-likeness (QED) is 0.251. The number of methoxy groups -OCH3 is 1. The molecule has 208 valence electrons. The number of nitrogens with one attached hydrogen (secondary N) is 1. The third kappa shape index (κ3) is 6.76. The Morgan fingerprint density at radius 3 is 1.98 bits per heavy atom. The van der Waals surface area contributed by atoms with Crippen molar-refractivity contribution in [1.29, 1.82) is 5.41 Å². The van der Waals surface area contributed by atoms with Gasteiger partial charge in [0.2, 0.25) is 5.96 Å². The van der Waals surface area contributed by atoms with Crippen LogP contribution in [0.4, 0.5) is 4.79 Å². The normalized spacial score (nSPS) is 15.7. The summed E-state index contributed by atoms with van der Waals surface area (Å²) in [5.74, 6) is 1.59. The fourth-order valence-corrected chi connectivity index (χ4v) is 4.71. The number of hydrogen-bond donors (Lipinski definition) is 1. The van der Waals surface area contributed by atoms with E-state index >= 15 is 0 Å². The van der Waals surface area contributed by atoms with Gasteiger partial charge in [0, 0.05) is 7.05 Å². The SMILES string of the molecule is COc1ccc(/C=C2/C(Cc3ccc(OCc4ccccc4)cc3)N(C)C(=N)N2C(=O)OCc2ccccc2)cc1. The highest BCUT2D eigenvalue weighted by atomic mass is 16.6. The summed E-state index contributed by atoms with van der Waals surface area (Å²) in [7, 11) is 3.45. The van der Waals surface area contributed by atoms with Crippen LogP contribution in [0.3, 0.4) is 0 Å². The molecule has 4 aromatic carbocycles. The summed E-state index contributed by atoms with van der Waals surface area (Å²) in [6.07, 6.45) is 1.93. The van der Waals surface area contributed by atoms with Crippen LogP contribution in [0, 0.1) is 5.41 Å². The summed E-state index contributed by atoms with van der Waals surface area (Å²) in [5, 5.41) is 8.82. The summed E-state index contributed by atoms with van der Waals surface area (Å²) >= 11 is 0. The molecular weight excluding hydrogens is 514 g/mol. The van der Waals surface area contributed by atoms with E-state index in [0.717, 1.165) is 33.8 Å². The lowest BCUT2D eigenvalue weighted by atomic mass is 10.0. The third-order valence-corrected chi connectivity index (χ3v) is 7.03. The Bertz CT molecular complexity index is 1490. The van der Waals surface area contributed by atoms with Crippen LogP contribution in [0.2, 0.25) is 0 Å². The van der Waals surface area contributed by atoms with Crippen LogP contribution in [-0.4, -0.2) is 42.1 Å². The van der Waals surface area contributed by atoms with Crippen LogP contribution >= 0.6 is 0 Å². The molecule has 1 N–H and O–H groups in total. The van der Waals surface area contributed by atoms with Gasteiger partial charge in [-0.15, -0.1) is 0 Å². The molecule has 0 aromatic heterocycles. The number of nitrogens with zero attached hydrogens (tertiary/aromatic N) is 2. The second-order valence-electron chi connectivity index (χ2n) is 9.79.